The summed E-state index contributed by atoms with van der Waals surface area (Å²) in [6.07, 6.45) is 1.74. The number of aromatic nitrogens is 3. The molecule has 9 nitrogen and oxygen atoms in total. The first kappa shape index (κ1) is 25.8. The van der Waals surface area contributed by atoms with Gasteiger partial charge in [-0.1, -0.05) is 50.2 Å². The topological polar surface area (TPSA) is 123 Å². The van der Waals surface area contributed by atoms with E-state index in [0.717, 1.165) is 5.56 Å². The van der Waals surface area contributed by atoms with Crippen molar-refractivity contribution in [3.8, 4) is 0 Å². The van der Waals surface area contributed by atoms with Gasteiger partial charge in [0.15, 0.2) is 0 Å². The number of aromatic carboxylic acids is 1. The Labute approximate surface area is 212 Å². The predicted octanol–water partition coefficient (Wildman–Crippen LogP) is 3.46. The molecule has 0 aliphatic rings. The number of aryl methyl sites for hydroxylation is 1. The van der Waals surface area contributed by atoms with Crippen LogP contribution in [0.25, 0.3) is 10.9 Å². The van der Waals surface area contributed by atoms with Crippen LogP contribution in [-0.4, -0.2) is 25.2 Å². The minimum absolute atomic E-state index is 0.0756. The van der Waals surface area contributed by atoms with Crippen LogP contribution in [0.15, 0.2) is 69.1 Å². The number of nitrogens with zero attached hydrogens (tertiary/aromatic N) is 2. The van der Waals surface area contributed by atoms with E-state index in [-0.39, 0.29) is 30.2 Å². The summed E-state index contributed by atoms with van der Waals surface area (Å²) in [5.74, 6) is -1.39. The number of carboxylic acid groups (broad SMARTS) is 1. The fourth-order valence-corrected chi connectivity index (χ4v) is 4.55. The largest absolute Gasteiger partial charge is 0.477 e. The zero-order valence-electron chi connectivity index (χ0n) is 21.0. The lowest BCUT2D eigenvalue weighted by Crippen LogP contribution is -2.36. The van der Waals surface area contributed by atoms with E-state index in [9.17, 15) is 24.3 Å². The number of H-pyrrole nitrogens is 1. The van der Waals surface area contributed by atoms with Crippen molar-refractivity contribution in [3.63, 3.8) is 0 Å². The number of nitrogens with one attached hydrogen (secondary N) is 1. The average molecular weight is 504 g/mol. The third-order valence-electron chi connectivity index (χ3n) is 6.34. The smallest absolute Gasteiger partial charge is 0.341 e. The maximum Gasteiger partial charge on any atom is 0.341 e. The van der Waals surface area contributed by atoms with E-state index in [1.165, 1.54) is 10.8 Å². The molecule has 0 fully saturated rings. The molecule has 0 spiro atoms. The lowest BCUT2D eigenvalue weighted by Gasteiger charge is -2.18. The van der Waals surface area contributed by atoms with Crippen molar-refractivity contribution >= 4 is 16.9 Å². The maximum absolute atomic E-state index is 12.8. The molecule has 192 valence electrons. The van der Waals surface area contributed by atoms with Gasteiger partial charge in [0.05, 0.1) is 12.1 Å². The average Bonchev–Trinajstić information content (AvgIpc) is 2.86. The fraction of sp³-hybridized carbons (Fsp3) is 0.286. The van der Waals surface area contributed by atoms with Crippen molar-refractivity contribution in [2.24, 2.45) is 0 Å². The van der Waals surface area contributed by atoms with Crippen molar-refractivity contribution in [2.75, 3.05) is 0 Å². The number of hydrogen-bond donors (Lipinski definition) is 2. The Balaban J connectivity index is 1.66. The number of fused-ring (bicyclic) bond motifs is 1. The zero-order valence-corrected chi connectivity index (χ0v) is 21.0. The zero-order chi connectivity index (χ0) is 26.7. The summed E-state index contributed by atoms with van der Waals surface area (Å²) < 4.78 is 9.02. The molecule has 0 radical (unpaired) electrons. The monoisotopic (exact) mass is 503 g/mol. The van der Waals surface area contributed by atoms with E-state index in [0.29, 0.717) is 35.3 Å². The van der Waals surface area contributed by atoms with E-state index in [1.54, 1.807) is 22.8 Å². The highest BCUT2D eigenvalue weighted by Crippen LogP contribution is 2.19. The number of benzene rings is 2. The van der Waals surface area contributed by atoms with Crippen LogP contribution in [0.1, 0.15) is 59.4 Å². The van der Waals surface area contributed by atoms with E-state index >= 15 is 0 Å². The molecular weight excluding hydrogens is 474 g/mol. The lowest BCUT2D eigenvalue weighted by molar-refractivity contribution is 0.0589. The van der Waals surface area contributed by atoms with E-state index in [4.69, 9.17) is 4.74 Å². The molecule has 2 heterocycles. The molecule has 0 atom stereocenters. The maximum atomic E-state index is 12.8. The van der Waals surface area contributed by atoms with Crippen molar-refractivity contribution in [1.82, 2.24) is 14.1 Å². The summed E-state index contributed by atoms with van der Waals surface area (Å²) in [5.41, 5.74) is 1.54. The van der Waals surface area contributed by atoms with Crippen LogP contribution < -0.4 is 16.7 Å². The molecule has 9 heteroatoms. The molecule has 2 N–H and O–H groups in total. The summed E-state index contributed by atoms with van der Waals surface area (Å²) in [5, 5.41) is 9.71. The van der Waals surface area contributed by atoms with Crippen LogP contribution in [0.2, 0.25) is 0 Å². The minimum atomic E-state index is -1.28. The third kappa shape index (κ3) is 5.31. The molecule has 2 aromatic carbocycles. The molecular formula is C28H29N3O6. The number of aromatic amines is 1. The number of carbonyl (C=O) groups is 1. The van der Waals surface area contributed by atoms with Gasteiger partial charge in [0.25, 0.3) is 5.56 Å². The Bertz CT molecular complexity index is 1630. The number of rotatable bonds is 9. The van der Waals surface area contributed by atoms with Gasteiger partial charge in [0.2, 0.25) is 5.43 Å². The minimum Gasteiger partial charge on any atom is -0.477 e. The number of pyridine rings is 1. The molecule has 0 bridgehead atoms. The highest BCUT2D eigenvalue weighted by molar-refractivity contribution is 5.92. The van der Waals surface area contributed by atoms with Crippen molar-refractivity contribution in [3.05, 3.63) is 114 Å². The van der Waals surface area contributed by atoms with Crippen molar-refractivity contribution < 1.29 is 14.6 Å². The van der Waals surface area contributed by atoms with Gasteiger partial charge in [0, 0.05) is 35.8 Å². The van der Waals surface area contributed by atoms with Gasteiger partial charge in [0.1, 0.15) is 12.3 Å². The highest BCUT2D eigenvalue weighted by atomic mass is 16.5. The Morgan fingerprint density at radius 2 is 1.78 bits per heavy atom. The summed E-state index contributed by atoms with van der Waals surface area (Å²) in [4.78, 5) is 52.1. The number of ether oxygens (including phenoxy) is 1. The van der Waals surface area contributed by atoms with Gasteiger partial charge in [-0.25, -0.2) is 9.59 Å². The first-order valence-electron chi connectivity index (χ1n) is 12.1. The van der Waals surface area contributed by atoms with E-state index < -0.39 is 22.6 Å². The molecule has 0 saturated heterocycles. The molecule has 4 rings (SSSR count). The molecule has 2 aromatic heterocycles. The second-order valence-electron chi connectivity index (χ2n) is 9.16. The van der Waals surface area contributed by atoms with Gasteiger partial charge >= 0.3 is 11.7 Å². The first-order valence-corrected chi connectivity index (χ1v) is 12.1. The second-order valence-corrected chi connectivity index (χ2v) is 9.16. The van der Waals surface area contributed by atoms with Gasteiger partial charge in [-0.3, -0.25) is 19.1 Å². The van der Waals surface area contributed by atoms with Gasteiger partial charge in [-0.2, -0.15) is 0 Å². The Hall–Kier alpha value is -4.24. The third-order valence-corrected chi connectivity index (χ3v) is 6.34. The van der Waals surface area contributed by atoms with Crippen LogP contribution in [-0.2, 0) is 31.0 Å². The molecule has 0 aliphatic carbocycles. The number of carboxylic acids is 1. The van der Waals surface area contributed by atoms with E-state index in [1.807, 2.05) is 51.1 Å². The van der Waals surface area contributed by atoms with Crippen LogP contribution in [0.3, 0.4) is 0 Å². The molecule has 4 aromatic rings. The van der Waals surface area contributed by atoms with Crippen molar-refractivity contribution in [1.29, 1.82) is 0 Å². The fourth-order valence-electron chi connectivity index (χ4n) is 4.55. The van der Waals surface area contributed by atoms with Gasteiger partial charge < -0.3 is 14.4 Å². The lowest BCUT2D eigenvalue weighted by atomic mass is 9.98. The standard InChI is InChI=1S/C28H29N3O6/c1-4-30-14-21(27(34)35)25(32)20-12-19(10-11-22(20)30)15-37-16-31-23(13-18-8-6-5-7-9-18)24(17(2)3)26(33)29-28(31)36/h5-12,14,17H,4,13,15-16H2,1-3H3,(H,34,35)(H,29,33,36). The molecule has 37 heavy (non-hydrogen) atoms. The van der Waals surface area contributed by atoms with Crippen LogP contribution in [0.4, 0.5) is 0 Å². The summed E-state index contributed by atoms with van der Waals surface area (Å²) in [7, 11) is 0. The van der Waals surface area contributed by atoms with E-state index in [2.05, 4.69) is 4.98 Å². The summed E-state index contributed by atoms with van der Waals surface area (Å²) >= 11 is 0. The second kappa shape index (κ2) is 10.8. The van der Waals surface area contributed by atoms with Crippen molar-refractivity contribution in [2.45, 2.75) is 53.0 Å². The Kier molecular flexibility index (Phi) is 7.54. The van der Waals surface area contributed by atoms with Crippen LogP contribution in [0, 0.1) is 0 Å². The first-order chi connectivity index (χ1) is 17.7. The van der Waals surface area contributed by atoms with Crippen LogP contribution >= 0.6 is 0 Å². The highest BCUT2D eigenvalue weighted by Gasteiger charge is 2.19. The van der Waals surface area contributed by atoms with Gasteiger partial charge in [-0.05, 0) is 36.1 Å². The SMILES string of the molecule is CCn1cc(C(=O)O)c(=O)c2cc(COCn3c(Cc4ccccc4)c(C(C)C)c(=O)[nH]c3=O)ccc21. The van der Waals surface area contributed by atoms with Gasteiger partial charge in [-0.15, -0.1) is 0 Å². The molecule has 0 unspecified atom stereocenters. The number of hydrogen-bond acceptors (Lipinski definition) is 5. The Morgan fingerprint density at radius 1 is 1.05 bits per heavy atom. The molecule has 0 amide bonds. The Morgan fingerprint density at radius 3 is 2.43 bits per heavy atom. The summed E-state index contributed by atoms with van der Waals surface area (Å²) in [6, 6.07) is 14.8. The normalized spacial score (nSPS) is 11.4. The molecule has 0 saturated carbocycles. The quantitative estimate of drug-likeness (QED) is 0.361. The predicted molar refractivity (Wildman–Crippen MR) is 140 cm³/mol. The summed E-state index contributed by atoms with van der Waals surface area (Å²) in [6.45, 7) is 6.14. The molecule has 0 aliphatic heterocycles. The van der Waals surface area contributed by atoms with Crippen LogP contribution in [0.5, 0.6) is 0 Å².